The van der Waals surface area contributed by atoms with Gasteiger partial charge in [0.1, 0.15) is 6.10 Å². The van der Waals surface area contributed by atoms with Gasteiger partial charge < -0.3 is 19.3 Å². The Kier molecular flexibility index (Phi) is 3.89. The van der Waals surface area contributed by atoms with Gasteiger partial charge in [0.05, 0.1) is 12.7 Å². The zero-order valence-electron chi connectivity index (χ0n) is 11.0. The van der Waals surface area contributed by atoms with E-state index < -0.39 is 6.10 Å². The summed E-state index contributed by atoms with van der Waals surface area (Å²) < 4.78 is 16.4. The van der Waals surface area contributed by atoms with Crippen LogP contribution in [0.25, 0.3) is 0 Å². The summed E-state index contributed by atoms with van der Waals surface area (Å²) in [4.78, 5) is 0. The minimum atomic E-state index is -0.601. The average Bonchev–Trinajstić information content (AvgIpc) is 2.93. The summed E-state index contributed by atoms with van der Waals surface area (Å²) in [6, 6.07) is 5.53. The van der Waals surface area contributed by atoms with Crippen molar-refractivity contribution in [2.45, 2.75) is 44.3 Å². The highest BCUT2D eigenvalue weighted by molar-refractivity contribution is 5.45. The second-order valence-electron chi connectivity index (χ2n) is 5.22. The molecule has 104 valence electrons. The molecule has 1 N–H and O–H groups in total. The van der Waals surface area contributed by atoms with Crippen molar-refractivity contribution in [2.75, 3.05) is 13.4 Å². The number of fused-ring (bicyclic) bond motifs is 1. The maximum Gasteiger partial charge on any atom is 0.231 e. The third kappa shape index (κ3) is 3.01. The van der Waals surface area contributed by atoms with Crippen molar-refractivity contribution in [2.24, 2.45) is 0 Å². The molecule has 19 heavy (non-hydrogen) atoms. The number of aliphatic hydroxyl groups excluding tert-OH is 1. The molecule has 1 aliphatic heterocycles. The molecule has 2 aliphatic rings. The molecule has 3 rings (SSSR count). The van der Waals surface area contributed by atoms with E-state index in [1.807, 2.05) is 18.2 Å². The first-order valence-corrected chi connectivity index (χ1v) is 7.02. The van der Waals surface area contributed by atoms with Crippen molar-refractivity contribution < 1.29 is 19.3 Å². The highest BCUT2D eigenvalue weighted by atomic mass is 16.7. The number of hydrogen-bond donors (Lipinski definition) is 1. The predicted octanol–water partition coefficient (Wildman–Crippen LogP) is 2.80. The SMILES string of the molecule is OC(COC1CCCCC1)c1ccc2c(c1)OCO2. The molecule has 1 aromatic rings. The van der Waals surface area contributed by atoms with E-state index in [2.05, 4.69) is 0 Å². The van der Waals surface area contributed by atoms with Crippen LogP contribution in [-0.2, 0) is 4.74 Å². The van der Waals surface area contributed by atoms with Crippen molar-refractivity contribution in [3.05, 3.63) is 23.8 Å². The Labute approximate surface area is 113 Å². The van der Waals surface area contributed by atoms with Crippen LogP contribution < -0.4 is 9.47 Å². The summed E-state index contributed by atoms with van der Waals surface area (Å²) in [7, 11) is 0. The van der Waals surface area contributed by atoms with E-state index in [4.69, 9.17) is 14.2 Å². The smallest absolute Gasteiger partial charge is 0.231 e. The Bertz CT molecular complexity index is 426. The summed E-state index contributed by atoms with van der Waals surface area (Å²) in [5, 5.41) is 10.2. The normalized spacial score (nSPS) is 20.5. The molecule has 1 aromatic carbocycles. The van der Waals surface area contributed by atoms with Gasteiger partial charge in [0.25, 0.3) is 0 Å². The van der Waals surface area contributed by atoms with Crippen LogP contribution in [-0.4, -0.2) is 24.6 Å². The monoisotopic (exact) mass is 264 g/mol. The van der Waals surface area contributed by atoms with Gasteiger partial charge in [-0.2, -0.15) is 0 Å². The second-order valence-corrected chi connectivity index (χ2v) is 5.22. The molecule has 0 radical (unpaired) electrons. The summed E-state index contributed by atoms with van der Waals surface area (Å²) in [5.41, 5.74) is 0.819. The summed E-state index contributed by atoms with van der Waals surface area (Å²) in [6.45, 7) is 0.609. The van der Waals surface area contributed by atoms with Crippen LogP contribution in [0.3, 0.4) is 0 Å². The van der Waals surface area contributed by atoms with Crippen molar-refractivity contribution >= 4 is 0 Å². The molecular formula is C15H20O4. The first-order chi connectivity index (χ1) is 9.33. The number of hydrogen-bond acceptors (Lipinski definition) is 4. The number of ether oxygens (including phenoxy) is 3. The van der Waals surface area contributed by atoms with Gasteiger partial charge in [-0.1, -0.05) is 25.3 Å². The van der Waals surface area contributed by atoms with Crippen molar-refractivity contribution in [3.8, 4) is 11.5 Å². The third-order valence-electron chi connectivity index (χ3n) is 3.82. The Hall–Kier alpha value is -1.26. The molecule has 1 fully saturated rings. The van der Waals surface area contributed by atoms with Gasteiger partial charge in [0.15, 0.2) is 11.5 Å². The van der Waals surface area contributed by atoms with Crippen LogP contribution in [0.5, 0.6) is 11.5 Å². The summed E-state index contributed by atoms with van der Waals surface area (Å²) in [5.74, 6) is 1.44. The van der Waals surface area contributed by atoms with Gasteiger partial charge in [0, 0.05) is 0 Å². The van der Waals surface area contributed by atoms with Crippen molar-refractivity contribution in [3.63, 3.8) is 0 Å². The Morgan fingerprint density at radius 1 is 1.16 bits per heavy atom. The Balaban J connectivity index is 1.56. The van der Waals surface area contributed by atoms with Crippen molar-refractivity contribution in [1.29, 1.82) is 0 Å². The van der Waals surface area contributed by atoms with Crippen LogP contribution in [0, 0.1) is 0 Å². The highest BCUT2D eigenvalue weighted by Gasteiger charge is 2.19. The average molecular weight is 264 g/mol. The lowest BCUT2D eigenvalue weighted by Gasteiger charge is -2.23. The molecule has 4 nitrogen and oxygen atoms in total. The molecule has 0 aromatic heterocycles. The topological polar surface area (TPSA) is 47.9 Å². The minimum Gasteiger partial charge on any atom is -0.454 e. The lowest BCUT2D eigenvalue weighted by Crippen LogP contribution is -2.20. The third-order valence-corrected chi connectivity index (χ3v) is 3.82. The highest BCUT2D eigenvalue weighted by Crippen LogP contribution is 2.34. The molecule has 0 spiro atoms. The van der Waals surface area contributed by atoms with Crippen LogP contribution in [0.4, 0.5) is 0 Å². The zero-order valence-corrected chi connectivity index (χ0v) is 11.0. The van der Waals surface area contributed by atoms with Gasteiger partial charge in [-0.25, -0.2) is 0 Å². The van der Waals surface area contributed by atoms with E-state index >= 15 is 0 Å². The van der Waals surface area contributed by atoms with E-state index in [0.29, 0.717) is 18.5 Å². The molecule has 1 unspecified atom stereocenters. The van der Waals surface area contributed by atoms with Gasteiger partial charge in [-0.05, 0) is 30.5 Å². The fourth-order valence-corrected chi connectivity index (χ4v) is 2.68. The second kappa shape index (κ2) is 5.80. The first-order valence-electron chi connectivity index (χ1n) is 7.02. The van der Waals surface area contributed by atoms with E-state index in [0.717, 1.165) is 24.2 Å². The Morgan fingerprint density at radius 3 is 2.79 bits per heavy atom. The van der Waals surface area contributed by atoms with Crippen LogP contribution in [0.2, 0.25) is 0 Å². The van der Waals surface area contributed by atoms with Gasteiger partial charge in [-0.15, -0.1) is 0 Å². The molecule has 0 bridgehead atoms. The standard InChI is InChI=1S/C15H20O4/c16-13(9-17-12-4-2-1-3-5-12)11-6-7-14-15(8-11)19-10-18-14/h6-8,12-13,16H,1-5,9-10H2. The van der Waals surface area contributed by atoms with Crippen LogP contribution in [0.1, 0.15) is 43.8 Å². The first kappa shape index (κ1) is 12.8. The maximum absolute atomic E-state index is 10.2. The largest absolute Gasteiger partial charge is 0.454 e. The lowest BCUT2D eigenvalue weighted by molar-refractivity contribution is -0.0246. The molecule has 1 aliphatic carbocycles. The number of rotatable bonds is 4. The molecule has 1 atom stereocenters. The quantitative estimate of drug-likeness (QED) is 0.908. The zero-order chi connectivity index (χ0) is 13.1. The van der Waals surface area contributed by atoms with Gasteiger partial charge in [0.2, 0.25) is 6.79 Å². The van der Waals surface area contributed by atoms with Gasteiger partial charge in [-0.3, -0.25) is 0 Å². The molecule has 0 amide bonds. The van der Waals surface area contributed by atoms with Crippen LogP contribution >= 0.6 is 0 Å². The fraction of sp³-hybridized carbons (Fsp3) is 0.600. The molecular weight excluding hydrogens is 244 g/mol. The molecule has 1 heterocycles. The number of aliphatic hydroxyl groups is 1. The number of benzene rings is 1. The van der Waals surface area contributed by atoms with Crippen LogP contribution in [0.15, 0.2) is 18.2 Å². The summed E-state index contributed by atoms with van der Waals surface area (Å²) in [6.07, 6.45) is 5.75. The fourth-order valence-electron chi connectivity index (χ4n) is 2.68. The lowest BCUT2D eigenvalue weighted by atomic mass is 9.98. The minimum absolute atomic E-state index is 0.257. The van der Waals surface area contributed by atoms with E-state index in [9.17, 15) is 5.11 Å². The molecule has 0 saturated heterocycles. The van der Waals surface area contributed by atoms with E-state index in [1.54, 1.807) is 0 Å². The van der Waals surface area contributed by atoms with E-state index in [1.165, 1.54) is 19.3 Å². The van der Waals surface area contributed by atoms with Gasteiger partial charge >= 0.3 is 0 Å². The predicted molar refractivity (Wildman–Crippen MR) is 70.3 cm³/mol. The molecule has 4 heteroatoms. The maximum atomic E-state index is 10.2. The molecule has 1 saturated carbocycles. The summed E-state index contributed by atoms with van der Waals surface area (Å²) >= 11 is 0. The van der Waals surface area contributed by atoms with Crippen molar-refractivity contribution in [1.82, 2.24) is 0 Å². The Morgan fingerprint density at radius 2 is 1.95 bits per heavy atom. The van der Waals surface area contributed by atoms with E-state index in [-0.39, 0.29) is 6.79 Å².